The molecule has 1 aromatic carbocycles. The zero-order valence-electron chi connectivity index (χ0n) is 19.4. The SMILES string of the molecule is N#CCC(C1CCCC1)n1cc(-c2ncnc3c2ccn3CO)c(N2C(=O)c3ccccc3C2=O)n1. The Bertz CT molecular complexity index is 1510. The molecular weight excluding hydrogens is 458 g/mol. The van der Waals surface area contributed by atoms with Gasteiger partial charge in [0, 0.05) is 17.8 Å². The molecule has 3 aromatic heterocycles. The van der Waals surface area contributed by atoms with Crippen molar-refractivity contribution in [3.8, 4) is 17.3 Å². The molecule has 1 fully saturated rings. The lowest BCUT2D eigenvalue weighted by molar-refractivity contribution is 0.0924. The topological polar surface area (TPSA) is 130 Å². The van der Waals surface area contributed by atoms with Gasteiger partial charge in [-0.15, -0.1) is 0 Å². The van der Waals surface area contributed by atoms with Crippen LogP contribution in [0.5, 0.6) is 0 Å². The van der Waals surface area contributed by atoms with Crippen LogP contribution in [0.3, 0.4) is 0 Å². The first-order valence-electron chi connectivity index (χ1n) is 12.0. The number of aliphatic hydroxyl groups is 1. The highest BCUT2D eigenvalue weighted by atomic mass is 16.3. The van der Waals surface area contributed by atoms with Gasteiger partial charge in [-0.25, -0.2) is 14.9 Å². The summed E-state index contributed by atoms with van der Waals surface area (Å²) in [6, 6.07) is 10.6. The molecule has 10 nitrogen and oxygen atoms in total. The van der Waals surface area contributed by atoms with E-state index in [1.165, 1.54) is 6.33 Å². The van der Waals surface area contributed by atoms with Gasteiger partial charge in [0.25, 0.3) is 11.8 Å². The molecule has 0 spiro atoms. The van der Waals surface area contributed by atoms with E-state index in [0.29, 0.717) is 33.4 Å². The van der Waals surface area contributed by atoms with Crippen LogP contribution in [-0.4, -0.2) is 41.2 Å². The number of rotatable bonds is 6. The van der Waals surface area contributed by atoms with E-state index in [4.69, 9.17) is 5.10 Å². The van der Waals surface area contributed by atoms with Gasteiger partial charge in [-0.2, -0.15) is 10.4 Å². The number of hydrogen-bond donors (Lipinski definition) is 1. The predicted molar refractivity (Wildman–Crippen MR) is 130 cm³/mol. The summed E-state index contributed by atoms with van der Waals surface area (Å²) >= 11 is 0. The number of nitrogens with zero attached hydrogens (tertiary/aromatic N) is 7. The Kier molecular flexibility index (Phi) is 5.34. The van der Waals surface area contributed by atoms with E-state index in [1.807, 2.05) is 0 Å². The Morgan fingerprint density at radius 3 is 2.44 bits per heavy atom. The molecule has 1 unspecified atom stereocenters. The summed E-state index contributed by atoms with van der Waals surface area (Å²) in [5.41, 5.74) is 2.16. The maximum absolute atomic E-state index is 13.4. The minimum atomic E-state index is -0.446. The Balaban J connectivity index is 1.55. The van der Waals surface area contributed by atoms with Crippen molar-refractivity contribution in [1.82, 2.24) is 24.3 Å². The number of aromatic nitrogens is 5. The molecule has 1 aliphatic carbocycles. The Hall–Kier alpha value is -4.36. The number of anilines is 1. The Labute approximate surface area is 206 Å². The average molecular weight is 482 g/mol. The third-order valence-electron chi connectivity index (χ3n) is 7.27. The van der Waals surface area contributed by atoms with Gasteiger partial charge in [0.1, 0.15) is 18.7 Å². The van der Waals surface area contributed by atoms with E-state index >= 15 is 0 Å². The first-order chi connectivity index (χ1) is 17.6. The number of hydrogen-bond acceptors (Lipinski definition) is 7. The largest absolute Gasteiger partial charge is 0.376 e. The number of aliphatic hydroxyl groups excluding tert-OH is 1. The molecule has 0 radical (unpaired) electrons. The molecule has 36 heavy (non-hydrogen) atoms. The number of imide groups is 1. The van der Waals surface area contributed by atoms with Gasteiger partial charge in [-0.1, -0.05) is 25.0 Å². The van der Waals surface area contributed by atoms with E-state index in [9.17, 15) is 20.0 Å². The van der Waals surface area contributed by atoms with Crippen LogP contribution < -0.4 is 4.90 Å². The number of fused-ring (bicyclic) bond motifs is 2. The molecule has 10 heteroatoms. The predicted octanol–water partition coefficient (Wildman–Crippen LogP) is 3.69. The van der Waals surface area contributed by atoms with Gasteiger partial charge >= 0.3 is 0 Å². The zero-order valence-corrected chi connectivity index (χ0v) is 19.4. The van der Waals surface area contributed by atoms with E-state index in [2.05, 4.69) is 16.0 Å². The van der Waals surface area contributed by atoms with Crippen molar-refractivity contribution in [3.05, 3.63) is 60.2 Å². The van der Waals surface area contributed by atoms with Crippen molar-refractivity contribution in [2.75, 3.05) is 4.90 Å². The van der Waals surface area contributed by atoms with E-state index in [0.717, 1.165) is 30.6 Å². The summed E-state index contributed by atoms with van der Waals surface area (Å²) < 4.78 is 3.31. The average Bonchev–Trinajstić information content (AvgIpc) is 3.69. The highest BCUT2D eigenvalue weighted by molar-refractivity contribution is 6.35. The second-order valence-electron chi connectivity index (χ2n) is 9.20. The first-order valence-corrected chi connectivity index (χ1v) is 12.0. The minimum absolute atomic E-state index is 0.180. The van der Waals surface area contributed by atoms with Crippen molar-refractivity contribution in [2.24, 2.45) is 5.92 Å². The fourth-order valence-corrected chi connectivity index (χ4v) is 5.51. The van der Waals surface area contributed by atoms with Gasteiger partial charge in [0.05, 0.1) is 40.9 Å². The summed E-state index contributed by atoms with van der Waals surface area (Å²) in [5, 5.41) is 24.7. The molecule has 0 bridgehead atoms. The zero-order chi connectivity index (χ0) is 24.8. The fraction of sp³-hybridized carbons (Fsp3) is 0.308. The summed E-state index contributed by atoms with van der Waals surface area (Å²) in [6.07, 6.45) is 9.36. The number of carbonyl (C=O) groups excluding carboxylic acids is 2. The molecule has 4 heterocycles. The summed E-state index contributed by atoms with van der Waals surface area (Å²) in [7, 11) is 0. The summed E-state index contributed by atoms with van der Waals surface area (Å²) in [4.78, 5) is 36.7. The van der Waals surface area contributed by atoms with Gasteiger partial charge in [0.2, 0.25) is 0 Å². The third-order valence-corrected chi connectivity index (χ3v) is 7.27. The van der Waals surface area contributed by atoms with Crippen LogP contribution in [0.25, 0.3) is 22.3 Å². The van der Waals surface area contributed by atoms with Gasteiger partial charge in [-0.3, -0.25) is 14.3 Å². The molecular formula is C26H23N7O3. The lowest BCUT2D eigenvalue weighted by atomic mass is 9.96. The molecule has 2 aliphatic rings. The van der Waals surface area contributed by atoms with Crippen LogP contribution in [0.15, 0.2) is 49.1 Å². The highest BCUT2D eigenvalue weighted by Gasteiger charge is 2.40. The van der Waals surface area contributed by atoms with Crippen molar-refractivity contribution >= 4 is 28.7 Å². The quantitative estimate of drug-likeness (QED) is 0.416. The molecule has 2 amide bonds. The number of carbonyl (C=O) groups is 2. The number of nitriles is 1. The van der Waals surface area contributed by atoms with Crippen LogP contribution in [0.2, 0.25) is 0 Å². The molecule has 1 atom stereocenters. The summed E-state index contributed by atoms with van der Waals surface area (Å²) in [5.74, 6) is -0.428. The highest BCUT2D eigenvalue weighted by Crippen LogP contribution is 2.41. The number of benzene rings is 1. The van der Waals surface area contributed by atoms with E-state index < -0.39 is 11.8 Å². The smallest absolute Gasteiger partial charge is 0.267 e. The van der Waals surface area contributed by atoms with Crippen LogP contribution in [0.1, 0.15) is 58.9 Å². The molecule has 0 saturated heterocycles. The lowest BCUT2D eigenvalue weighted by Gasteiger charge is -2.21. The lowest BCUT2D eigenvalue weighted by Crippen LogP contribution is -2.30. The van der Waals surface area contributed by atoms with Crippen molar-refractivity contribution in [1.29, 1.82) is 5.26 Å². The second kappa shape index (κ2) is 8.70. The second-order valence-corrected chi connectivity index (χ2v) is 9.20. The van der Waals surface area contributed by atoms with Crippen molar-refractivity contribution in [2.45, 2.75) is 44.9 Å². The maximum atomic E-state index is 13.4. The summed E-state index contributed by atoms with van der Waals surface area (Å²) in [6.45, 7) is -0.254. The van der Waals surface area contributed by atoms with Gasteiger partial charge in [0.15, 0.2) is 5.82 Å². The van der Waals surface area contributed by atoms with Crippen molar-refractivity contribution in [3.63, 3.8) is 0 Å². The molecule has 180 valence electrons. The van der Waals surface area contributed by atoms with Crippen molar-refractivity contribution < 1.29 is 14.7 Å². The number of amides is 2. The standard InChI is InChI=1S/C26H23N7O3/c27-11-9-21(16-5-1-2-6-16)32-13-20(22-19-10-12-31(15-34)23(19)29-14-28-22)24(30-32)33-25(35)17-7-3-4-8-18(17)26(33)36/h3-4,7-8,10,12-14,16,21,34H,1-2,5-6,9,15H2. The molecule has 1 N–H and O–H groups in total. The molecule has 4 aromatic rings. The van der Waals surface area contributed by atoms with Crippen LogP contribution in [0.4, 0.5) is 5.82 Å². The third kappa shape index (κ3) is 3.31. The molecule has 1 saturated carbocycles. The van der Waals surface area contributed by atoms with Crippen LogP contribution in [0, 0.1) is 17.2 Å². The fourth-order valence-electron chi connectivity index (χ4n) is 5.51. The minimum Gasteiger partial charge on any atom is -0.376 e. The van der Waals surface area contributed by atoms with Crippen LogP contribution >= 0.6 is 0 Å². The van der Waals surface area contributed by atoms with Gasteiger partial charge < -0.3 is 9.67 Å². The first kappa shape index (κ1) is 22.1. The normalized spacial score (nSPS) is 16.6. The maximum Gasteiger partial charge on any atom is 0.267 e. The monoisotopic (exact) mass is 481 g/mol. The molecule has 6 rings (SSSR count). The van der Waals surface area contributed by atoms with E-state index in [-0.39, 0.29) is 30.9 Å². The molecule has 1 aliphatic heterocycles. The Morgan fingerprint density at radius 1 is 1.06 bits per heavy atom. The van der Waals surface area contributed by atoms with Crippen LogP contribution in [-0.2, 0) is 6.73 Å². The Morgan fingerprint density at radius 2 is 1.78 bits per heavy atom. The van der Waals surface area contributed by atoms with E-state index in [1.54, 1.807) is 52.0 Å². The van der Waals surface area contributed by atoms with Gasteiger partial charge in [-0.05, 0) is 37.0 Å².